The van der Waals surface area contributed by atoms with E-state index in [0.717, 1.165) is 12.1 Å². The van der Waals surface area contributed by atoms with Gasteiger partial charge in [-0.05, 0) is 57.4 Å². The Morgan fingerprint density at radius 1 is 1.00 bits per heavy atom. The highest BCUT2D eigenvalue weighted by atomic mass is 15.3. The van der Waals surface area contributed by atoms with Gasteiger partial charge in [-0.1, -0.05) is 12.1 Å². The Balaban J connectivity index is 1.51. The largest absolute Gasteiger partial charge is 0.369 e. The zero-order chi connectivity index (χ0) is 14.7. The van der Waals surface area contributed by atoms with E-state index < -0.39 is 0 Å². The fourth-order valence-electron chi connectivity index (χ4n) is 3.90. The molecule has 0 bridgehead atoms. The second kappa shape index (κ2) is 6.80. The van der Waals surface area contributed by atoms with Crippen LogP contribution in [0.25, 0.3) is 0 Å². The predicted octanol–water partition coefficient (Wildman–Crippen LogP) is 2.65. The minimum Gasteiger partial charge on any atom is -0.369 e. The molecule has 116 valence electrons. The second-order valence-electron chi connectivity index (χ2n) is 6.66. The maximum atomic E-state index is 3.43. The molecule has 0 atom stereocenters. The van der Waals surface area contributed by atoms with Crippen LogP contribution < -0.4 is 10.2 Å². The van der Waals surface area contributed by atoms with E-state index in [-0.39, 0.29) is 0 Å². The lowest BCUT2D eigenvalue weighted by atomic mass is 9.90. The van der Waals surface area contributed by atoms with E-state index in [2.05, 4.69) is 53.4 Å². The van der Waals surface area contributed by atoms with Crippen LogP contribution in [-0.2, 0) is 0 Å². The third kappa shape index (κ3) is 3.58. The minimum absolute atomic E-state index is 0.759. The maximum Gasteiger partial charge on any atom is 0.0369 e. The fraction of sp³-hybridized carbons (Fsp3) is 0.667. The summed E-state index contributed by atoms with van der Waals surface area (Å²) in [7, 11) is 2.10. The first-order valence-corrected chi connectivity index (χ1v) is 8.49. The Kier molecular flexibility index (Phi) is 4.81. The Bertz CT molecular complexity index is 444. The van der Waals surface area contributed by atoms with Gasteiger partial charge in [-0.15, -0.1) is 0 Å². The van der Waals surface area contributed by atoms with Gasteiger partial charge >= 0.3 is 0 Å². The highest BCUT2D eigenvalue weighted by molar-refractivity contribution is 5.48. The van der Waals surface area contributed by atoms with E-state index in [9.17, 15) is 0 Å². The molecule has 1 aliphatic heterocycles. The van der Waals surface area contributed by atoms with Crippen molar-refractivity contribution in [3.63, 3.8) is 0 Å². The van der Waals surface area contributed by atoms with Crippen molar-refractivity contribution in [1.82, 2.24) is 10.2 Å². The molecule has 0 aromatic heterocycles. The Hall–Kier alpha value is -1.06. The molecule has 2 aliphatic rings. The normalized spacial score (nSPS) is 27.8. The first kappa shape index (κ1) is 14.9. The predicted molar refractivity (Wildman–Crippen MR) is 90.1 cm³/mol. The summed E-state index contributed by atoms with van der Waals surface area (Å²) in [6, 6.07) is 10.5. The lowest BCUT2D eigenvalue weighted by Gasteiger charge is -2.42. The first-order valence-electron chi connectivity index (χ1n) is 8.49. The molecule has 1 aromatic rings. The third-order valence-corrected chi connectivity index (χ3v) is 5.30. The number of nitrogens with one attached hydrogen (secondary N) is 1. The van der Waals surface area contributed by atoms with Crippen LogP contribution in [-0.4, -0.2) is 50.2 Å². The van der Waals surface area contributed by atoms with E-state index in [1.165, 1.54) is 63.1 Å². The van der Waals surface area contributed by atoms with Crippen LogP contribution in [0, 0.1) is 6.92 Å². The summed E-state index contributed by atoms with van der Waals surface area (Å²) < 4.78 is 0. The molecule has 0 amide bonds. The number of hydrogen-bond donors (Lipinski definition) is 1. The molecular formula is C18H29N3. The van der Waals surface area contributed by atoms with Gasteiger partial charge in [-0.25, -0.2) is 0 Å². The lowest BCUT2D eigenvalue weighted by Crippen LogP contribution is -2.52. The summed E-state index contributed by atoms with van der Waals surface area (Å²) in [5.41, 5.74) is 2.76. The standard InChI is InChI=1S/C18H29N3/c1-15-4-3-5-18(14-15)21-12-10-20(11-13-21)17-8-6-16(19-2)7-9-17/h3-5,14,16-17,19H,6-13H2,1-2H3. The van der Waals surface area contributed by atoms with Crippen molar-refractivity contribution in [1.29, 1.82) is 0 Å². The Morgan fingerprint density at radius 3 is 2.33 bits per heavy atom. The topological polar surface area (TPSA) is 18.5 Å². The third-order valence-electron chi connectivity index (χ3n) is 5.30. The molecule has 3 nitrogen and oxygen atoms in total. The van der Waals surface area contributed by atoms with Crippen molar-refractivity contribution in [2.24, 2.45) is 0 Å². The number of piperazine rings is 1. The van der Waals surface area contributed by atoms with E-state index in [0.29, 0.717) is 0 Å². The second-order valence-corrected chi connectivity index (χ2v) is 6.66. The summed E-state index contributed by atoms with van der Waals surface area (Å²) in [4.78, 5) is 5.28. The molecule has 3 rings (SSSR count). The Labute approximate surface area is 129 Å². The van der Waals surface area contributed by atoms with Gasteiger partial charge in [0, 0.05) is 44.0 Å². The van der Waals surface area contributed by atoms with Crippen molar-refractivity contribution < 1.29 is 0 Å². The van der Waals surface area contributed by atoms with Gasteiger partial charge in [-0.2, -0.15) is 0 Å². The number of rotatable bonds is 3. The number of aryl methyl sites for hydroxylation is 1. The number of nitrogens with zero attached hydrogens (tertiary/aromatic N) is 2. The van der Waals surface area contributed by atoms with Crippen LogP contribution in [0.3, 0.4) is 0 Å². The molecule has 1 aromatic carbocycles. The molecular weight excluding hydrogens is 258 g/mol. The molecule has 1 N–H and O–H groups in total. The maximum absolute atomic E-state index is 3.43. The number of anilines is 1. The van der Waals surface area contributed by atoms with Gasteiger partial charge < -0.3 is 10.2 Å². The van der Waals surface area contributed by atoms with E-state index in [1.54, 1.807) is 0 Å². The SMILES string of the molecule is CNC1CCC(N2CCN(c3cccc(C)c3)CC2)CC1. The number of benzene rings is 1. The number of hydrogen-bond acceptors (Lipinski definition) is 3. The molecule has 2 fully saturated rings. The minimum atomic E-state index is 0.759. The van der Waals surface area contributed by atoms with Crippen molar-refractivity contribution >= 4 is 5.69 Å². The average Bonchev–Trinajstić information content (AvgIpc) is 2.55. The smallest absolute Gasteiger partial charge is 0.0369 e. The highest BCUT2D eigenvalue weighted by Crippen LogP contribution is 2.25. The van der Waals surface area contributed by atoms with Gasteiger partial charge in [-0.3, -0.25) is 4.90 Å². The van der Waals surface area contributed by atoms with Gasteiger partial charge in [0.05, 0.1) is 0 Å². The van der Waals surface area contributed by atoms with Crippen LogP contribution in [0.4, 0.5) is 5.69 Å². The van der Waals surface area contributed by atoms with Crippen LogP contribution in [0.5, 0.6) is 0 Å². The molecule has 1 saturated heterocycles. The van der Waals surface area contributed by atoms with E-state index in [4.69, 9.17) is 0 Å². The molecule has 1 heterocycles. The highest BCUT2D eigenvalue weighted by Gasteiger charge is 2.27. The lowest BCUT2D eigenvalue weighted by molar-refractivity contribution is 0.137. The van der Waals surface area contributed by atoms with E-state index in [1.807, 2.05) is 0 Å². The molecule has 1 aliphatic carbocycles. The van der Waals surface area contributed by atoms with Crippen LogP contribution >= 0.6 is 0 Å². The van der Waals surface area contributed by atoms with Crippen molar-refractivity contribution in [2.45, 2.75) is 44.7 Å². The molecule has 21 heavy (non-hydrogen) atoms. The monoisotopic (exact) mass is 287 g/mol. The van der Waals surface area contributed by atoms with E-state index >= 15 is 0 Å². The molecule has 0 unspecified atom stereocenters. The summed E-state index contributed by atoms with van der Waals surface area (Å²) in [5.74, 6) is 0. The summed E-state index contributed by atoms with van der Waals surface area (Å²) >= 11 is 0. The van der Waals surface area contributed by atoms with Gasteiger partial charge in [0.15, 0.2) is 0 Å². The summed E-state index contributed by atoms with van der Waals surface area (Å²) in [6.45, 7) is 6.98. The molecule has 0 spiro atoms. The van der Waals surface area contributed by atoms with Gasteiger partial charge in [0.25, 0.3) is 0 Å². The molecule has 3 heteroatoms. The first-order chi connectivity index (χ1) is 10.3. The average molecular weight is 287 g/mol. The van der Waals surface area contributed by atoms with Crippen LogP contribution in [0.1, 0.15) is 31.2 Å². The quantitative estimate of drug-likeness (QED) is 0.922. The summed E-state index contributed by atoms with van der Waals surface area (Å²) in [5, 5.41) is 3.43. The van der Waals surface area contributed by atoms with Crippen molar-refractivity contribution in [3.05, 3.63) is 29.8 Å². The van der Waals surface area contributed by atoms with Crippen LogP contribution in [0.2, 0.25) is 0 Å². The zero-order valence-electron chi connectivity index (χ0n) is 13.5. The molecule has 1 saturated carbocycles. The molecule has 0 radical (unpaired) electrons. The zero-order valence-corrected chi connectivity index (χ0v) is 13.5. The van der Waals surface area contributed by atoms with Crippen LogP contribution in [0.15, 0.2) is 24.3 Å². The fourth-order valence-corrected chi connectivity index (χ4v) is 3.90. The van der Waals surface area contributed by atoms with Crippen molar-refractivity contribution in [3.8, 4) is 0 Å². The van der Waals surface area contributed by atoms with Gasteiger partial charge in [0.1, 0.15) is 0 Å². The van der Waals surface area contributed by atoms with Gasteiger partial charge in [0.2, 0.25) is 0 Å². The Morgan fingerprint density at radius 2 is 1.71 bits per heavy atom. The summed E-state index contributed by atoms with van der Waals surface area (Å²) in [6.07, 6.45) is 5.43. The van der Waals surface area contributed by atoms with Crippen molar-refractivity contribution in [2.75, 3.05) is 38.1 Å².